The molecule has 8 aromatic carbocycles. The topological polar surface area (TPSA) is 431 Å². The van der Waals surface area contributed by atoms with Crippen molar-refractivity contribution >= 4 is 76.4 Å². The third-order valence-electron chi connectivity index (χ3n) is 26.2. The van der Waals surface area contributed by atoms with Gasteiger partial charge in [0, 0.05) is 70.9 Å². The molecule has 4 aliphatic heterocycles. The summed E-state index contributed by atoms with van der Waals surface area (Å²) in [5.41, 5.74) is 19.0. The molecule has 4 saturated heterocycles. The number of ether oxygens (including phenoxy) is 6. The van der Waals surface area contributed by atoms with Gasteiger partial charge in [-0.1, -0.05) is 298 Å². The van der Waals surface area contributed by atoms with E-state index < -0.39 is 89.3 Å². The van der Waals surface area contributed by atoms with E-state index in [1.807, 2.05) is 299 Å². The molecule has 150 heavy (non-hydrogen) atoms. The molecule has 12 rings (SSSR count). The Morgan fingerprint density at radius 2 is 0.647 bits per heavy atom. The number of aliphatic carboxylic acids is 2. The van der Waals surface area contributed by atoms with Crippen LogP contribution in [-0.4, -0.2) is 248 Å². The highest BCUT2D eigenvalue weighted by Gasteiger charge is 2.49. The number of hydrogen-bond donors (Lipinski definition) is 8. The molecule has 0 unspecified atom stereocenters. The first-order valence-corrected chi connectivity index (χ1v) is 53.0. The summed E-state index contributed by atoms with van der Waals surface area (Å²) in [5, 5.41) is 30.0. The highest BCUT2D eigenvalue weighted by atomic mass is 16.6. The number of morpholine rings is 3. The van der Waals surface area contributed by atoms with E-state index in [9.17, 15) is 67.4 Å². The lowest BCUT2D eigenvalue weighted by atomic mass is 9.88. The predicted molar refractivity (Wildman–Crippen MR) is 578 cm³/mol. The predicted octanol–water partition coefficient (Wildman–Crippen LogP) is 13.6. The van der Waals surface area contributed by atoms with Crippen molar-refractivity contribution in [1.29, 1.82) is 0 Å². The Hall–Kier alpha value is -12.5. The molecule has 10 N–H and O–H groups in total. The number of nitrogens with zero attached hydrogens (tertiary/aromatic N) is 3. The highest BCUT2D eigenvalue weighted by molar-refractivity contribution is 5.97. The van der Waals surface area contributed by atoms with Gasteiger partial charge in [-0.25, -0.2) is 0 Å². The summed E-state index contributed by atoms with van der Waals surface area (Å²) in [4.78, 5) is 174. The van der Waals surface area contributed by atoms with Crippen LogP contribution in [0.15, 0.2) is 243 Å². The molecule has 4 aliphatic rings. The van der Waals surface area contributed by atoms with Crippen LogP contribution in [0.2, 0.25) is 0 Å². The van der Waals surface area contributed by atoms with Crippen LogP contribution in [0, 0.1) is 47.3 Å². The number of nitrogens with two attached hydrogens (primary N) is 2. The van der Waals surface area contributed by atoms with Crippen molar-refractivity contribution in [2.45, 2.75) is 227 Å². The summed E-state index contributed by atoms with van der Waals surface area (Å²) in [6.45, 7) is 27.0. The first-order chi connectivity index (χ1) is 72.0. The SMILES string of the molecule is CC(C)C[C@H](N)C(=O)[C@@]1(C)CO1.CC(C)C[C@H](NC(=O)[C@@H](N)CCc1ccccc1)C(=O)C[C@@H](Cc1ccccc1)C(=O)OCc1ccccc1.CC(C)C[C@H](NC(=O)[C@H](CCc1ccccc1)CC(=O)CN1CCOCC1)C(=O)C[C@@H](Cc1ccccc1)C(=O)O.CC(C)C[C@H](NC(=O)[C@H](CCc1ccccc1)NC(=O)CN1CCOCC1)C(=O)C[C@@H](Cc1ccccc1)C(=O)OCc1ccccc1.O=C(O)CN1CCOCC1. The number of esters is 2. The van der Waals surface area contributed by atoms with E-state index >= 15 is 0 Å². The number of Topliss-reactive ketones (excluding diaryl/α,β-unsaturated/α-hetero) is 5. The zero-order valence-corrected chi connectivity index (χ0v) is 89.1. The van der Waals surface area contributed by atoms with Crippen LogP contribution in [0.4, 0.5) is 0 Å². The van der Waals surface area contributed by atoms with Gasteiger partial charge in [0.1, 0.15) is 30.6 Å². The van der Waals surface area contributed by atoms with Crippen molar-refractivity contribution < 1.29 is 101 Å². The molecule has 812 valence electrons. The summed E-state index contributed by atoms with van der Waals surface area (Å²) in [7, 11) is 0. The third-order valence-corrected chi connectivity index (χ3v) is 26.2. The van der Waals surface area contributed by atoms with Crippen LogP contribution in [0.25, 0.3) is 0 Å². The van der Waals surface area contributed by atoms with Crippen molar-refractivity contribution in [3.8, 4) is 0 Å². The van der Waals surface area contributed by atoms with E-state index in [1.54, 1.807) is 6.92 Å². The van der Waals surface area contributed by atoms with Crippen LogP contribution in [0.3, 0.4) is 0 Å². The zero-order valence-electron chi connectivity index (χ0n) is 89.1. The largest absolute Gasteiger partial charge is 0.481 e. The Bertz CT molecular complexity index is 5340. The van der Waals surface area contributed by atoms with Gasteiger partial charge < -0.3 is 71.4 Å². The van der Waals surface area contributed by atoms with Crippen LogP contribution in [-0.2, 0) is 142 Å². The van der Waals surface area contributed by atoms with Gasteiger partial charge >= 0.3 is 23.9 Å². The van der Waals surface area contributed by atoms with E-state index in [0.717, 1.165) is 64.0 Å². The van der Waals surface area contributed by atoms with Gasteiger partial charge in [0.25, 0.3) is 0 Å². The number of aryl methyl sites for hydroxylation is 3. The first-order valence-electron chi connectivity index (χ1n) is 53.0. The average Bonchev–Trinajstić information content (AvgIpc) is 1.64. The fourth-order valence-electron chi connectivity index (χ4n) is 17.7. The molecule has 0 saturated carbocycles. The maximum absolute atomic E-state index is 14.0. The van der Waals surface area contributed by atoms with Crippen LogP contribution < -0.4 is 32.7 Å². The van der Waals surface area contributed by atoms with Gasteiger partial charge in [0.2, 0.25) is 23.6 Å². The van der Waals surface area contributed by atoms with Crippen molar-refractivity contribution in [1.82, 2.24) is 36.0 Å². The monoisotopic (exact) mass is 2060 g/mol. The number of benzene rings is 8. The summed E-state index contributed by atoms with van der Waals surface area (Å²) in [5.74, 6) is -6.75. The lowest BCUT2D eigenvalue weighted by Gasteiger charge is -2.28. The molecule has 30 heteroatoms. The molecular formula is C120H161N9O21. The van der Waals surface area contributed by atoms with Crippen LogP contribution in [0.1, 0.15) is 177 Å². The van der Waals surface area contributed by atoms with E-state index in [0.29, 0.717) is 149 Å². The second kappa shape index (κ2) is 67.6. The molecule has 30 nitrogen and oxygen atoms in total. The molecule has 0 bridgehead atoms. The number of carbonyl (C=O) groups excluding carboxylic acids is 11. The lowest BCUT2D eigenvalue weighted by Crippen LogP contribution is -2.54. The van der Waals surface area contributed by atoms with Gasteiger partial charge in [0.15, 0.2) is 23.1 Å². The fourth-order valence-corrected chi connectivity index (χ4v) is 17.7. The highest BCUT2D eigenvalue weighted by Crippen LogP contribution is 2.30. The number of ketones is 5. The fraction of sp³-hybridized carbons (Fsp3) is 0.492. The molecular weight excluding hydrogens is 1900 g/mol. The summed E-state index contributed by atoms with van der Waals surface area (Å²) >= 11 is 0. The smallest absolute Gasteiger partial charge is 0.317 e. The van der Waals surface area contributed by atoms with E-state index in [2.05, 4.69) is 35.1 Å². The number of amides is 4. The van der Waals surface area contributed by atoms with Crippen molar-refractivity contribution in [3.05, 3.63) is 287 Å². The summed E-state index contributed by atoms with van der Waals surface area (Å²) in [6.07, 6.45) is 5.94. The molecule has 8 aromatic rings. The number of nitrogens with one attached hydrogen (secondary N) is 4. The molecule has 0 radical (unpaired) electrons. The molecule has 0 aromatic heterocycles. The van der Waals surface area contributed by atoms with Crippen molar-refractivity contribution in [2.24, 2.45) is 58.8 Å². The lowest BCUT2D eigenvalue weighted by molar-refractivity contribution is -0.152. The standard InChI is InChI=1S/C39H49N3O6.C33H44N2O6.C33H40N2O4.C9H17NO2.C6H11NO3/c1-29(2)24-35(36(43)26-33(25-31-14-8-4-9-15-31)39(46)48-28-32-16-10-5-11-17-32)41-38(45)34(19-18-30-12-6-3-7-13-30)40-37(44)27-42-20-22-47-23-21-42;1-24(2)19-30(31(37)22-28(33(39)40)20-26-11-7-4-8-12-26)34-32(38)27(14-13-25-9-5-3-6-10-25)21-29(36)23-35-15-17-41-18-16-35;1-24(2)20-30(35-32(37)29(34)19-18-25-12-6-3-7-13-25)31(36)22-28(21-26-14-8-4-9-15-26)33(38)39-23-27-16-10-5-11-17-27;1-6(2)4-7(10)8(11)9(3)5-12-9;8-6(9)5-7-1-3-10-4-2-7/h3-17,29,33-35H,18-28H2,1-2H3,(H,40,44)(H,41,45);3-12,24,27-28,30H,13-23H2,1-2H3,(H,34,38)(H,39,40);3-17,24,28-30H,18-23,34H2,1-2H3,(H,35,37);6-7H,4-5,10H2,1-3H3;1-5H2,(H,8,9)/t33-,34+,35+;27-,28-,30+;28-,29+,30+;7-,9+;/m1110./s1. The quantitative estimate of drug-likeness (QED) is 0.0130. The van der Waals surface area contributed by atoms with Crippen molar-refractivity contribution in [2.75, 3.05) is 105 Å². The van der Waals surface area contributed by atoms with E-state index in [4.69, 9.17) is 45.0 Å². The Kier molecular flexibility index (Phi) is 55.3. The Morgan fingerprint density at radius 1 is 0.340 bits per heavy atom. The van der Waals surface area contributed by atoms with Crippen molar-refractivity contribution in [3.63, 3.8) is 0 Å². The van der Waals surface area contributed by atoms with Gasteiger partial charge in [0.05, 0.1) is 114 Å². The minimum Gasteiger partial charge on any atom is -0.481 e. The molecule has 0 spiro atoms. The van der Waals surface area contributed by atoms with Gasteiger partial charge in [-0.2, -0.15) is 0 Å². The maximum atomic E-state index is 14.0. The van der Waals surface area contributed by atoms with Gasteiger partial charge in [-0.15, -0.1) is 0 Å². The van der Waals surface area contributed by atoms with E-state index in [1.165, 1.54) is 0 Å². The third kappa shape index (κ3) is 49.1. The molecule has 0 aliphatic carbocycles. The number of carboxylic acids is 2. The van der Waals surface area contributed by atoms with Gasteiger partial charge in [-0.05, 0) is 159 Å². The minimum absolute atomic E-state index is 0.0133. The summed E-state index contributed by atoms with van der Waals surface area (Å²) < 4.78 is 32.2. The van der Waals surface area contributed by atoms with Crippen LogP contribution >= 0.6 is 0 Å². The Balaban J connectivity index is 0.000000248. The second-order valence-electron chi connectivity index (χ2n) is 41.2. The number of carbonyl (C=O) groups is 13. The second-order valence-corrected chi connectivity index (χ2v) is 41.2. The number of rotatable bonds is 56. The number of carboxylic acid groups (broad SMARTS) is 2. The average molecular weight is 2070 g/mol. The van der Waals surface area contributed by atoms with Gasteiger partial charge in [-0.3, -0.25) is 77.0 Å². The minimum atomic E-state index is -1.04. The first kappa shape index (κ1) is 123. The van der Waals surface area contributed by atoms with Crippen LogP contribution in [0.5, 0.6) is 0 Å². The molecule has 11 atom stereocenters. The zero-order chi connectivity index (χ0) is 109. The normalized spacial score (nSPS) is 16.6. The molecule has 4 amide bonds. The van der Waals surface area contributed by atoms with E-state index in [-0.39, 0.29) is 135 Å². The molecule has 4 heterocycles. The maximum Gasteiger partial charge on any atom is 0.317 e. The Labute approximate surface area is 886 Å². The number of hydrogen-bond acceptors (Lipinski definition) is 24. The summed E-state index contributed by atoms with van der Waals surface area (Å²) in [6, 6.07) is 72.4. The number of epoxide rings is 1. The molecule has 4 fully saturated rings. The Morgan fingerprint density at radius 3 is 0.993 bits per heavy atom.